The molecule has 0 radical (unpaired) electrons. The van der Waals surface area contributed by atoms with E-state index in [1.54, 1.807) is 25.1 Å². The van der Waals surface area contributed by atoms with Crippen molar-refractivity contribution in [2.75, 3.05) is 43.6 Å². The number of phenols is 3. The SMILES string of the molecule is Cc1c(O)cccc1O.Cc1ccc(N)cc1O.Nc1cc(N)c(OCCO)cc1OCCO. The van der Waals surface area contributed by atoms with E-state index >= 15 is 0 Å². The molecule has 0 saturated carbocycles. The first kappa shape index (κ1) is 28.0. The molecule has 11 N–H and O–H groups in total. The predicted molar refractivity (Wildman–Crippen MR) is 132 cm³/mol. The molecule has 34 heavy (non-hydrogen) atoms. The summed E-state index contributed by atoms with van der Waals surface area (Å²) in [7, 11) is 0. The van der Waals surface area contributed by atoms with Gasteiger partial charge in [0.2, 0.25) is 0 Å². The summed E-state index contributed by atoms with van der Waals surface area (Å²) in [5, 5.41) is 44.2. The molecule has 3 rings (SSSR count). The fraction of sp³-hybridized carbons (Fsp3) is 0.250. The third-order valence-corrected chi connectivity index (χ3v) is 4.35. The van der Waals surface area contributed by atoms with E-state index in [4.69, 9.17) is 52.2 Å². The number of nitrogen functional groups attached to an aromatic ring is 3. The van der Waals surface area contributed by atoms with Gasteiger partial charge in [-0.25, -0.2) is 0 Å². The highest BCUT2D eigenvalue weighted by molar-refractivity contribution is 5.67. The summed E-state index contributed by atoms with van der Waals surface area (Å²) in [4.78, 5) is 0. The van der Waals surface area contributed by atoms with Crippen LogP contribution < -0.4 is 26.7 Å². The molecule has 0 unspecified atom stereocenters. The lowest BCUT2D eigenvalue weighted by Gasteiger charge is -2.12. The number of ether oxygens (including phenoxy) is 2. The number of hydrogen-bond acceptors (Lipinski definition) is 10. The molecule has 0 heterocycles. The smallest absolute Gasteiger partial charge is 0.146 e. The Morgan fingerprint density at radius 3 is 1.56 bits per heavy atom. The molecule has 0 spiro atoms. The van der Waals surface area contributed by atoms with Crippen molar-refractivity contribution >= 4 is 17.1 Å². The molecule has 0 saturated heterocycles. The Kier molecular flexibility index (Phi) is 11.7. The van der Waals surface area contributed by atoms with Gasteiger partial charge >= 0.3 is 0 Å². The van der Waals surface area contributed by atoms with Gasteiger partial charge in [0.05, 0.1) is 24.6 Å². The third-order valence-electron chi connectivity index (χ3n) is 4.35. The number of nitrogens with two attached hydrogens (primary N) is 3. The first-order valence-corrected chi connectivity index (χ1v) is 10.3. The number of rotatable bonds is 6. The zero-order valence-corrected chi connectivity index (χ0v) is 19.2. The Bertz CT molecular complexity index is 996. The summed E-state index contributed by atoms with van der Waals surface area (Å²) in [6, 6.07) is 12.8. The van der Waals surface area contributed by atoms with Crippen molar-refractivity contribution < 1.29 is 35.0 Å². The molecule has 0 aliphatic heterocycles. The van der Waals surface area contributed by atoms with Gasteiger partial charge in [0.15, 0.2) is 0 Å². The van der Waals surface area contributed by atoms with E-state index in [1.807, 2.05) is 6.92 Å². The number of anilines is 3. The van der Waals surface area contributed by atoms with E-state index in [9.17, 15) is 0 Å². The van der Waals surface area contributed by atoms with E-state index in [0.717, 1.165) is 5.56 Å². The van der Waals surface area contributed by atoms with Gasteiger partial charge in [-0.2, -0.15) is 0 Å². The number of aliphatic hydroxyl groups excluding tert-OH is 2. The maximum absolute atomic E-state index is 9.02. The Balaban J connectivity index is 0.000000274. The van der Waals surface area contributed by atoms with E-state index in [0.29, 0.717) is 34.1 Å². The molecule has 0 aliphatic carbocycles. The monoisotopic (exact) mass is 475 g/mol. The summed E-state index contributed by atoms with van der Waals surface area (Å²) < 4.78 is 10.4. The summed E-state index contributed by atoms with van der Waals surface area (Å²) in [5.41, 5.74) is 19.4. The Hall–Kier alpha value is -4.02. The van der Waals surface area contributed by atoms with Gasteiger partial charge < -0.3 is 52.2 Å². The Labute approximate surface area is 198 Å². The highest BCUT2D eigenvalue weighted by Gasteiger charge is 2.08. The number of aryl methyl sites for hydroxylation is 1. The fourth-order valence-corrected chi connectivity index (χ4v) is 2.39. The van der Waals surface area contributed by atoms with Gasteiger partial charge in [-0.05, 0) is 43.7 Å². The largest absolute Gasteiger partial charge is 0.508 e. The molecule has 3 aromatic carbocycles. The number of hydrogen-bond donors (Lipinski definition) is 8. The molecule has 10 heteroatoms. The van der Waals surface area contributed by atoms with Crippen LogP contribution in [0.15, 0.2) is 48.5 Å². The van der Waals surface area contributed by atoms with Crippen LogP contribution in [-0.4, -0.2) is 52.0 Å². The second-order valence-electron chi connectivity index (χ2n) is 7.04. The van der Waals surface area contributed by atoms with Gasteiger partial charge in [-0.1, -0.05) is 12.1 Å². The van der Waals surface area contributed by atoms with Crippen LogP contribution in [-0.2, 0) is 0 Å². The van der Waals surface area contributed by atoms with Gasteiger partial charge in [0, 0.05) is 23.4 Å². The van der Waals surface area contributed by atoms with Gasteiger partial charge in [-0.15, -0.1) is 0 Å². The highest BCUT2D eigenvalue weighted by Crippen LogP contribution is 2.33. The van der Waals surface area contributed by atoms with E-state index in [1.165, 1.54) is 30.3 Å². The van der Waals surface area contributed by atoms with Crippen molar-refractivity contribution in [2.24, 2.45) is 0 Å². The molecule has 0 fully saturated rings. The number of phenolic OH excluding ortho intramolecular Hbond substituents is 3. The number of aromatic hydroxyl groups is 3. The van der Waals surface area contributed by atoms with Crippen LogP contribution in [0, 0.1) is 13.8 Å². The molecule has 0 aliphatic rings. The molecule has 186 valence electrons. The normalized spacial score (nSPS) is 9.76. The van der Waals surface area contributed by atoms with E-state index in [2.05, 4.69) is 0 Å². The Morgan fingerprint density at radius 1 is 0.676 bits per heavy atom. The lowest BCUT2D eigenvalue weighted by atomic mass is 10.2. The fourth-order valence-electron chi connectivity index (χ4n) is 2.39. The van der Waals surface area contributed by atoms with Crippen molar-refractivity contribution in [3.63, 3.8) is 0 Å². The first-order valence-electron chi connectivity index (χ1n) is 10.3. The maximum Gasteiger partial charge on any atom is 0.146 e. The molecule has 0 amide bonds. The second kappa shape index (κ2) is 14.2. The topological polar surface area (TPSA) is 198 Å². The van der Waals surface area contributed by atoms with Crippen LogP contribution in [0.3, 0.4) is 0 Å². The van der Waals surface area contributed by atoms with Gasteiger partial charge in [-0.3, -0.25) is 0 Å². The zero-order valence-electron chi connectivity index (χ0n) is 19.2. The number of aliphatic hydroxyl groups is 2. The summed E-state index contributed by atoms with van der Waals surface area (Å²) >= 11 is 0. The van der Waals surface area contributed by atoms with Crippen LogP contribution >= 0.6 is 0 Å². The predicted octanol–water partition coefficient (Wildman–Crippen LogP) is 2.28. The summed E-state index contributed by atoms with van der Waals surface area (Å²) in [5.74, 6) is 1.33. The molecule has 0 bridgehead atoms. The highest BCUT2D eigenvalue weighted by atomic mass is 16.5. The van der Waals surface area contributed by atoms with E-state index < -0.39 is 0 Å². The quantitative estimate of drug-likeness (QED) is 0.245. The minimum Gasteiger partial charge on any atom is -0.508 e. The van der Waals surface area contributed by atoms with Crippen molar-refractivity contribution in [3.05, 3.63) is 59.7 Å². The first-order chi connectivity index (χ1) is 16.1. The summed E-state index contributed by atoms with van der Waals surface area (Å²) in [6.07, 6.45) is 0. The minimum absolute atomic E-state index is 0.101. The van der Waals surface area contributed by atoms with Crippen molar-refractivity contribution in [1.82, 2.24) is 0 Å². The maximum atomic E-state index is 9.02. The molecule has 0 atom stereocenters. The van der Waals surface area contributed by atoms with Crippen LogP contribution in [0.5, 0.6) is 28.7 Å². The average molecular weight is 476 g/mol. The van der Waals surface area contributed by atoms with Crippen molar-refractivity contribution in [3.8, 4) is 28.7 Å². The third kappa shape index (κ3) is 9.23. The van der Waals surface area contributed by atoms with Gasteiger partial charge in [0.25, 0.3) is 0 Å². The van der Waals surface area contributed by atoms with Crippen LogP contribution in [0.1, 0.15) is 11.1 Å². The molecular weight excluding hydrogens is 442 g/mol. The average Bonchev–Trinajstić information content (AvgIpc) is 2.80. The lowest BCUT2D eigenvalue weighted by Crippen LogP contribution is -2.07. The Morgan fingerprint density at radius 2 is 1.18 bits per heavy atom. The van der Waals surface area contributed by atoms with Crippen LogP contribution in [0.2, 0.25) is 0 Å². The zero-order chi connectivity index (χ0) is 25.7. The number of benzene rings is 3. The minimum atomic E-state index is -0.101. The van der Waals surface area contributed by atoms with Crippen molar-refractivity contribution in [2.45, 2.75) is 13.8 Å². The lowest BCUT2D eigenvalue weighted by molar-refractivity contribution is 0.195. The summed E-state index contributed by atoms with van der Waals surface area (Å²) in [6.45, 7) is 3.58. The molecule has 0 aromatic heterocycles. The standard InChI is InChI=1S/C10H16N2O4.C7H9NO.C7H8O2/c11-7-5-8(12)10(16-4-2-14)6-9(7)15-3-1-13;1-5-2-3-6(8)4-7(5)9;1-5-6(8)3-2-4-7(5)9/h5-6,13-14H,1-4,11-12H2;2-4,9H,8H2,1H3;2-4,8-9H,1H3. The van der Waals surface area contributed by atoms with Crippen molar-refractivity contribution in [1.29, 1.82) is 0 Å². The molecule has 3 aromatic rings. The van der Waals surface area contributed by atoms with Crippen LogP contribution in [0.25, 0.3) is 0 Å². The molecule has 10 nitrogen and oxygen atoms in total. The van der Waals surface area contributed by atoms with Crippen LogP contribution in [0.4, 0.5) is 17.1 Å². The molecular formula is C24H33N3O7. The van der Waals surface area contributed by atoms with E-state index in [-0.39, 0.29) is 43.7 Å². The second-order valence-corrected chi connectivity index (χ2v) is 7.04. The van der Waals surface area contributed by atoms with Gasteiger partial charge in [0.1, 0.15) is 42.0 Å².